The third-order valence-corrected chi connectivity index (χ3v) is 6.01. The van der Waals surface area contributed by atoms with Crippen molar-refractivity contribution in [2.24, 2.45) is 17.8 Å². The fourth-order valence-electron chi connectivity index (χ4n) is 3.11. The number of sulfone groups is 1. The van der Waals surface area contributed by atoms with Crippen molar-refractivity contribution < 1.29 is 13.2 Å². The lowest BCUT2D eigenvalue weighted by atomic mass is 9.73. The van der Waals surface area contributed by atoms with Crippen molar-refractivity contribution in [3.8, 4) is 0 Å². The average Bonchev–Trinajstić information content (AvgIpc) is 2.59. The van der Waals surface area contributed by atoms with E-state index < -0.39 is 9.84 Å². The highest BCUT2D eigenvalue weighted by atomic mass is 32.2. The maximum Gasteiger partial charge on any atom is 0.150 e. The van der Waals surface area contributed by atoms with E-state index in [1.165, 1.54) is 0 Å². The summed E-state index contributed by atoms with van der Waals surface area (Å²) in [6, 6.07) is 0. The van der Waals surface area contributed by atoms with Crippen LogP contribution in [0.2, 0.25) is 0 Å². The largest absolute Gasteiger partial charge is 0.299 e. The number of Topliss-reactive ketones (excluding diaryl/α,β-unsaturated/α-hetero) is 1. The van der Waals surface area contributed by atoms with Crippen LogP contribution in [0.3, 0.4) is 0 Å². The number of carbonyl (C=O) groups excluding carboxylic acids is 1. The van der Waals surface area contributed by atoms with Crippen molar-refractivity contribution in [1.29, 1.82) is 0 Å². The molecule has 4 heteroatoms. The van der Waals surface area contributed by atoms with E-state index in [1.54, 1.807) is 0 Å². The van der Waals surface area contributed by atoms with Crippen LogP contribution < -0.4 is 0 Å². The first-order valence-electron chi connectivity index (χ1n) is 6.25. The molecule has 1 saturated heterocycles. The molecular formula is C12H20O3S. The number of carbonyl (C=O) groups is 1. The molecule has 1 saturated carbocycles. The maximum absolute atomic E-state index is 11.9. The van der Waals surface area contributed by atoms with Gasteiger partial charge in [-0.05, 0) is 31.1 Å². The molecule has 3 nitrogen and oxygen atoms in total. The van der Waals surface area contributed by atoms with E-state index in [9.17, 15) is 13.2 Å². The second kappa shape index (κ2) is 4.47. The maximum atomic E-state index is 11.9. The van der Waals surface area contributed by atoms with Crippen LogP contribution in [0.5, 0.6) is 0 Å². The van der Waals surface area contributed by atoms with Gasteiger partial charge in [-0.15, -0.1) is 0 Å². The first-order chi connectivity index (χ1) is 7.52. The summed E-state index contributed by atoms with van der Waals surface area (Å²) in [4.78, 5) is 11.9. The lowest BCUT2D eigenvalue weighted by molar-refractivity contribution is -0.127. The smallest absolute Gasteiger partial charge is 0.150 e. The van der Waals surface area contributed by atoms with Crippen molar-refractivity contribution in [2.75, 3.05) is 11.5 Å². The van der Waals surface area contributed by atoms with Crippen LogP contribution >= 0.6 is 0 Å². The zero-order chi connectivity index (χ0) is 11.8. The second-order valence-corrected chi connectivity index (χ2v) is 7.51. The molecule has 2 aliphatic rings. The Hall–Kier alpha value is -0.380. The van der Waals surface area contributed by atoms with Crippen LogP contribution in [0, 0.1) is 17.8 Å². The highest BCUT2D eigenvalue weighted by Gasteiger charge is 2.39. The molecule has 0 aromatic heterocycles. The SMILES string of the molecule is CCC1CCC(=O)C(C2CCS(=O)(=O)C2)C1. The molecule has 2 rings (SSSR count). The molecule has 0 spiro atoms. The Morgan fingerprint density at radius 1 is 1.31 bits per heavy atom. The Labute approximate surface area is 97.5 Å². The third-order valence-electron chi connectivity index (χ3n) is 4.21. The molecule has 0 aromatic carbocycles. The van der Waals surface area contributed by atoms with Gasteiger partial charge in [0.2, 0.25) is 0 Å². The van der Waals surface area contributed by atoms with E-state index in [4.69, 9.17) is 0 Å². The van der Waals surface area contributed by atoms with E-state index in [0.29, 0.717) is 24.5 Å². The van der Waals surface area contributed by atoms with Gasteiger partial charge in [0, 0.05) is 12.3 Å². The molecule has 0 aromatic rings. The van der Waals surface area contributed by atoms with Gasteiger partial charge < -0.3 is 0 Å². The van der Waals surface area contributed by atoms with E-state index in [2.05, 4.69) is 6.92 Å². The molecule has 16 heavy (non-hydrogen) atoms. The standard InChI is InChI=1S/C12H20O3S/c1-2-9-3-4-12(13)11(7-9)10-5-6-16(14,15)8-10/h9-11H,2-8H2,1H3. The quantitative estimate of drug-likeness (QED) is 0.744. The predicted molar refractivity (Wildman–Crippen MR) is 62.9 cm³/mol. The summed E-state index contributed by atoms with van der Waals surface area (Å²) in [6.07, 6.45) is 4.42. The van der Waals surface area contributed by atoms with E-state index >= 15 is 0 Å². The fraction of sp³-hybridized carbons (Fsp3) is 0.917. The monoisotopic (exact) mass is 244 g/mol. The van der Waals surface area contributed by atoms with Gasteiger partial charge in [-0.25, -0.2) is 8.42 Å². The summed E-state index contributed by atoms with van der Waals surface area (Å²) in [6.45, 7) is 2.16. The summed E-state index contributed by atoms with van der Waals surface area (Å²) in [5, 5.41) is 0. The van der Waals surface area contributed by atoms with Gasteiger partial charge in [0.1, 0.15) is 5.78 Å². The van der Waals surface area contributed by atoms with Gasteiger partial charge in [-0.1, -0.05) is 13.3 Å². The van der Waals surface area contributed by atoms with Crippen molar-refractivity contribution in [3.05, 3.63) is 0 Å². The molecular weight excluding hydrogens is 224 g/mol. The predicted octanol–water partition coefficient (Wildman–Crippen LogP) is 1.82. The highest BCUT2D eigenvalue weighted by Crippen LogP contribution is 2.37. The Bertz CT molecular complexity index is 372. The zero-order valence-corrected chi connectivity index (χ0v) is 10.6. The van der Waals surface area contributed by atoms with E-state index in [-0.39, 0.29) is 23.3 Å². The van der Waals surface area contributed by atoms with Gasteiger partial charge in [0.05, 0.1) is 11.5 Å². The molecule has 2 fully saturated rings. The number of hydrogen-bond donors (Lipinski definition) is 0. The van der Waals surface area contributed by atoms with Crippen LogP contribution in [-0.2, 0) is 14.6 Å². The van der Waals surface area contributed by atoms with Gasteiger partial charge in [-0.3, -0.25) is 4.79 Å². The van der Waals surface area contributed by atoms with Crippen LogP contribution in [0.4, 0.5) is 0 Å². The molecule has 0 radical (unpaired) electrons. The Kier molecular flexibility index (Phi) is 3.38. The zero-order valence-electron chi connectivity index (χ0n) is 9.81. The first kappa shape index (κ1) is 12.1. The topological polar surface area (TPSA) is 51.2 Å². The summed E-state index contributed by atoms with van der Waals surface area (Å²) in [7, 11) is -2.84. The molecule has 0 N–H and O–H groups in total. The summed E-state index contributed by atoms with van der Waals surface area (Å²) in [5.41, 5.74) is 0. The molecule has 1 aliphatic carbocycles. The molecule has 0 bridgehead atoms. The average molecular weight is 244 g/mol. The van der Waals surface area contributed by atoms with Gasteiger partial charge >= 0.3 is 0 Å². The van der Waals surface area contributed by atoms with Crippen LogP contribution in [0.1, 0.15) is 39.0 Å². The molecule has 1 aliphatic heterocycles. The normalized spacial score (nSPS) is 38.8. The van der Waals surface area contributed by atoms with Crippen molar-refractivity contribution >= 4 is 15.6 Å². The fourth-order valence-corrected chi connectivity index (χ4v) is 4.99. The Morgan fingerprint density at radius 3 is 2.62 bits per heavy atom. The Balaban J connectivity index is 2.05. The van der Waals surface area contributed by atoms with E-state index in [1.807, 2.05) is 0 Å². The van der Waals surface area contributed by atoms with Crippen molar-refractivity contribution in [3.63, 3.8) is 0 Å². The first-order valence-corrected chi connectivity index (χ1v) is 8.07. The molecule has 92 valence electrons. The summed E-state index contributed by atoms with van der Waals surface area (Å²) >= 11 is 0. The summed E-state index contributed by atoms with van der Waals surface area (Å²) < 4.78 is 22.9. The van der Waals surface area contributed by atoms with E-state index in [0.717, 1.165) is 19.3 Å². The van der Waals surface area contributed by atoms with Crippen molar-refractivity contribution in [2.45, 2.75) is 39.0 Å². The minimum Gasteiger partial charge on any atom is -0.299 e. The minimum atomic E-state index is -2.84. The number of ketones is 1. The lowest BCUT2D eigenvalue weighted by Gasteiger charge is -2.30. The minimum absolute atomic E-state index is 0.0379. The van der Waals surface area contributed by atoms with Gasteiger partial charge in [0.15, 0.2) is 9.84 Å². The molecule has 3 atom stereocenters. The Morgan fingerprint density at radius 2 is 2.06 bits per heavy atom. The molecule has 1 heterocycles. The number of rotatable bonds is 2. The summed E-state index contributed by atoms with van der Waals surface area (Å²) in [5.74, 6) is 1.64. The van der Waals surface area contributed by atoms with Crippen LogP contribution in [-0.4, -0.2) is 25.7 Å². The molecule has 0 amide bonds. The van der Waals surface area contributed by atoms with Gasteiger partial charge in [0.25, 0.3) is 0 Å². The lowest BCUT2D eigenvalue weighted by Crippen LogP contribution is -2.31. The van der Waals surface area contributed by atoms with Gasteiger partial charge in [-0.2, -0.15) is 0 Å². The van der Waals surface area contributed by atoms with Crippen LogP contribution in [0.25, 0.3) is 0 Å². The van der Waals surface area contributed by atoms with Crippen molar-refractivity contribution in [1.82, 2.24) is 0 Å². The third kappa shape index (κ3) is 2.47. The molecule has 3 unspecified atom stereocenters. The number of hydrogen-bond acceptors (Lipinski definition) is 3. The second-order valence-electron chi connectivity index (χ2n) is 5.28. The highest BCUT2D eigenvalue weighted by molar-refractivity contribution is 7.91. The van der Waals surface area contributed by atoms with Crippen LogP contribution in [0.15, 0.2) is 0 Å².